The smallest absolute Gasteiger partial charge is 0.234 e. The van der Waals surface area contributed by atoms with E-state index in [1.807, 2.05) is 6.92 Å². The summed E-state index contributed by atoms with van der Waals surface area (Å²) in [6.45, 7) is 3.86. The molecule has 0 heterocycles. The molecule has 20 heavy (non-hydrogen) atoms. The number of amides is 1. The molecule has 1 rings (SSSR count). The molecule has 1 aromatic carbocycles. The molecule has 0 bridgehead atoms. The van der Waals surface area contributed by atoms with Crippen molar-refractivity contribution in [2.45, 2.75) is 13.0 Å². The van der Waals surface area contributed by atoms with Gasteiger partial charge in [0.05, 0.1) is 19.7 Å². The van der Waals surface area contributed by atoms with Crippen molar-refractivity contribution < 1.29 is 14.3 Å². The number of methoxy groups -OCH3 is 1. The summed E-state index contributed by atoms with van der Waals surface area (Å²) in [5, 5.41) is 6.44. The number of ether oxygens (including phenoxy) is 2. The largest absolute Gasteiger partial charge is 0.489 e. The minimum Gasteiger partial charge on any atom is -0.489 e. The van der Waals surface area contributed by atoms with Crippen LogP contribution < -0.4 is 15.4 Å². The van der Waals surface area contributed by atoms with Crippen LogP contribution in [-0.4, -0.2) is 45.4 Å². The lowest BCUT2D eigenvalue weighted by Crippen LogP contribution is -2.39. The molecule has 1 atom stereocenters. The van der Waals surface area contributed by atoms with Crippen molar-refractivity contribution >= 4 is 17.5 Å². The van der Waals surface area contributed by atoms with Crippen molar-refractivity contribution in [3.05, 3.63) is 29.3 Å². The van der Waals surface area contributed by atoms with Gasteiger partial charge in [-0.1, -0.05) is 11.6 Å². The van der Waals surface area contributed by atoms with E-state index < -0.39 is 0 Å². The van der Waals surface area contributed by atoms with Gasteiger partial charge in [-0.05, 0) is 31.2 Å². The van der Waals surface area contributed by atoms with Crippen LogP contribution in [0.3, 0.4) is 0 Å². The van der Waals surface area contributed by atoms with Crippen LogP contribution in [0.4, 0.5) is 0 Å². The second-order valence-electron chi connectivity index (χ2n) is 4.36. The van der Waals surface area contributed by atoms with E-state index in [0.29, 0.717) is 24.7 Å². The lowest BCUT2D eigenvalue weighted by Gasteiger charge is -2.15. The van der Waals surface area contributed by atoms with E-state index in [-0.39, 0.29) is 18.6 Å². The topological polar surface area (TPSA) is 59.6 Å². The van der Waals surface area contributed by atoms with E-state index >= 15 is 0 Å². The second kappa shape index (κ2) is 9.58. The molecular formula is C14H21ClN2O3. The Morgan fingerprint density at radius 3 is 2.70 bits per heavy atom. The third kappa shape index (κ3) is 7.33. The van der Waals surface area contributed by atoms with Gasteiger partial charge in [0.15, 0.2) is 0 Å². The Morgan fingerprint density at radius 1 is 1.35 bits per heavy atom. The van der Waals surface area contributed by atoms with Gasteiger partial charge in [0.1, 0.15) is 11.9 Å². The van der Waals surface area contributed by atoms with Crippen LogP contribution in [0.2, 0.25) is 5.02 Å². The van der Waals surface area contributed by atoms with Crippen molar-refractivity contribution in [1.82, 2.24) is 10.6 Å². The van der Waals surface area contributed by atoms with Gasteiger partial charge in [0.2, 0.25) is 5.91 Å². The van der Waals surface area contributed by atoms with Gasteiger partial charge in [-0.2, -0.15) is 0 Å². The van der Waals surface area contributed by atoms with Gasteiger partial charge in [0.25, 0.3) is 0 Å². The Labute approximate surface area is 124 Å². The predicted octanol–water partition coefficient (Wildman–Crippen LogP) is 1.46. The number of rotatable bonds is 9. The highest BCUT2D eigenvalue weighted by Crippen LogP contribution is 2.16. The highest BCUT2D eigenvalue weighted by molar-refractivity contribution is 6.30. The molecule has 1 aromatic rings. The fraction of sp³-hybridized carbons (Fsp3) is 0.500. The minimum absolute atomic E-state index is 0.0624. The summed E-state index contributed by atoms with van der Waals surface area (Å²) in [4.78, 5) is 11.5. The maximum Gasteiger partial charge on any atom is 0.234 e. The quantitative estimate of drug-likeness (QED) is 0.678. The highest BCUT2D eigenvalue weighted by Gasteiger charge is 2.06. The number of carbonyl (C=O) groups excluding carboxylic acids is 1. The third-order valence-corrected chi connectivity index (χ3v) is 2.76. The molecule has 2 N–H and O–H groups in total. The van der Waals surface area contributed by atoms with E-state index in [0.717, 1.165) is 5.75 Å². The van der Waals surface area contributed by atoms with Crippen molar-refractivity contribution in [2.24, 2.45) is 0 Å². The molecule has 0 spiro atoms. The molecule has 0 radical (unpaired) electrons. The lowest BCUT2D eigenvalue weighted by molar-refractivity contribution is -0.120. The molecule has 112 valence electrons. The Hall–Kier alpha value is -1.30. The summed E-state index contributed by atoms with van der Waals surface area (Å²) >= 11 is 5.79. The third-order valence-electron chi connectivity index (χ3n) is 2.51. The summed E-state index contributed by atoms with van der Waals surface area (Å²) in [7, 11) is 1.62. The molecule has 0 aliphatic heterocycles. The monoisotopic (exact) mass is 300 g/mol. The molecule has 0 saturated heterocycles. The molecule has 0 saturated carbocycles. The molecule has 1 unspecified atom stereocenters. The molecule has 0 fully saturated rings. The van der Waals surface area contributed by atoms with Crippen LogP contribution in [-0.2, 0) is 9.53 Å². The number of benzene rings is 1. The number of hydrogen-bond acceptors (Lipinski definition) is 4. The van der Waals surface area contributed by atoms with Crippen LogP contribution >= 0.6 is 11.6 Å². The summed E-state index contributed by atoms with van der Waals surface area (Å²) in [6.07, 6.45) is -0.112. The maximum absolute atomic E-state index is 11.5. The molecular weight excluding hydrogens is 280 g/mol. The molecule has 1 amide bonds. The van der Waals surface area contributed by atoms with E-state index in [1.54, 1.807) is 31.4 Å². The van der Waals surface area contributed by atoms with Crippen LogP contribution in [0.25, 0.3) is 0 Å². The van der Waals surface area contributed by atoms with Crippen molar-refractivity contribution in [3.63, 3.8) is 0 Å². The molecule has 0 aromatic heterocycles. The van der Waals surface area contributed by atoms with Gasteiger partial charge >= 0.3 is 0 Å². The molecule has 6 heteroatoms. The van der Waals surface area contributed by atoms with Gasteiger partial charge in [-0.3, -0.25) is 4.79 Å². The van der Waals surface area contributed by atoms with Gasteiger partial charge in [-0.25, -0.2) is 0 Å². The van der Waals surface area contributed by atoms with Crippen LogP contribution in [0, 0.1) is 0 Å². The van der Waals surface area contributed by atoms with Crippen molar-refractivity contribution in [1.29, 1.82) is 0 Å². The van der Waals surface area contributed by atoms with E-state index in [1.165, 1.54) is 0 Å². The van der Waals surface area contributed by atoms with Crippen LogP contribution in [0.1, 0.15) is 6.92 Å². The standard InChI is InChI=1S/C14H21ClN2O3/c1-11(20-13-5-3-12(15)4-6-13)9-17-14(18)10-16-7-8-19-2/h3-6,11,16H,7-10H2,1-2H3,(H,17,18). The number of carbonyl (C=O) groups is 1. The normalized spacial score (nSPS) is 11.9. The van der Waals surface area contributed by atoms with Crippen molar-refractivity contribution in [2.75, 3.05) is 33.4 Å². The summed E-state index contributed by atoms with van der Waals surface area (Å²) in [5.74, 6) is 0.669. The van der Waals surface area contributed by atoms with E-state index in [9.17, 15) is 4.79 Å². The van der Waals surface area contributed by atoms with E-state index in [2.05, 4.69) is 10.6 Å². The summed E-state index contributed by atoms with van der Waals surface area (Å²) < 4.78 is 10.5. The zero-order valence-corrected chi connectivity index (χ0v) is 12.6. The first-order valence-electron chi connectivity index (χ1n) is 6.50. The lowest BCUT2D eigenvalue weighted by atomic mass is 10.3. The highest BCUT2D eigenvalue weighted by atomic mass is 35.5. The number of hydrogen-bond donors (Lipinski definition) is 2. The second-order valence-corrected chi connectivity index (χ2v) is 4.79. The predicted molar refractivity (Wildman–Crippen MR) is 79.3 cm³/mol. The Balaban J connectivity index is 2.17. The minimum atomic E-state index is -0.112. The SMILES string of the molecule is COCCNCC(=O)NCC(C)Oc1ccc(Cl)cc1. The zero-order valence-electron chi connectivity index (χ0n) is 11.8. The number of halogens is 1. The number of nitrogens with one attached hydrogen (secondary N) is 2. The first-order chi connectivity index (χ1) is 9.61. The van der Waals surface area contributed by atoms with E-state index in [4.69, 9.17) is 21.1 Å². The fourth-order valence-corrected chi connectivity index (χ4v) is 1.61. The average molecular weight is 301 g/mol. The zero-order chi connectivity index (χ0) is 14.8. The summed E-state index contributed by atoms with van der Waals surface area (Å²) in [6, 6.07) is 7.13. The Morgan fingerprint density at radius 2 is 2.05 bits per heavy atom. The van der Waals surface area contributed by atoms with Crippen LogP contribution in [0.5, 0.6) is 5.75 Å². The van der Waals surface area contributed by atoms with Gasteiger partial charge in [-0.15, -0.1) is 0 Å². The fourth-order valence-electron chi connectivity index (χ4n) is 1.48. The first kappa shape index (κ1) is 16.8. The Kier molecular flexibility index (Phi) is 8.02. The summed E-state index contributed by atoms with van der Waals surface area (Å²) in [5.41, 5.74) is 0. The van der Waals surface area contributed by atoms with Crippen molar-refractivity contribution in [3.8, 4) is 5.75 Å². The first-order valence-corrected chi connectivity index (χ1v) is 6.88. The Bertz CT molecular complexity index is 398. The molecule has 0 aliphatic carbocycles. The van der Waals surface area contributed by atoms with Crippen LogP contribution in [0.15, 0.2) is 24.3 Å². The van der Waals surface area contributed by atoms with Gasteiger partial charge in [0, 0.05) is 18.7 Å². The average Bonchev–Trinajstić information content (AvgIpc) is 2.44. The molecule has 5 nitrogen and oxygen atoms in total. The maximum atomic E-state index is 11.5. The molecule has 0 aliphatic rings. The van der Waals surface area contributed by atoms with Gasteiger partial charge < -0.3 is 20.1 Å².